The Kier molecular flexibility index (Phi) is 9.27. The molecule has 2 heterocycles. The maximum absolute atomic E-state index is 13.0. The molecule has 0 unspecified atom stereocenters. The normalized spacial score (nSPS) is 15.6. The number of ether oxygens (including phenoxy) is 1. The first-order chi connectivity index (χ1) is 18.2. The second kappa shape index (κ2) is 12.4. The fourth-order valence-corrected chi connectivity index (χ4v) is 7.22. The zero-order valence-corrected chi connectivity index (χ0v) is 24.3. The summed E-state index contributed by atoms with van der Waals surface area (Å²) in [6, 6.07) is 10.3. The average molecular weight is 577 g/mol. The van der Waals surface area contributed by atoms with Crippen LogP contribution in [0.15, 0.2) is 51.3 Å². The van der Waals surface area contributed by atoms with Gasteiger partial charge in [-0.15, -0.1) is 0 Å². The first-order valence-corrected chi connectivity index (χ1v) is 15.6. The number of benzene rings is 2. The Morgan fingerprint density at radius 2 is 1.89 bits per heavy atom. The van der Waals surface area contributed by atoms with Crippen molar-refractivity contribution < 1.29 is 17.9 Å². The van der Waals surface area contributed by atoms with Crippen LogP contribution in [0.5, 0.6) is 5.88 Å². The fourth-order valence-electron chi connectivity index (χ4n) is 4.60. The highest BCUT2D eigenvalue weighted by Crippen LogP contribution is 2.36. The molecule has 38 heavy (non-hydrogen) atoms. The summed E-state index contributed by atoms with van der Waals surface area (Å²) < 4.78 is 33.8. The van der Waals surface area contributed by atoms with Gasteiger partial charge < -0.3 is 9.64 Å². The van der Waals surface area contributed by atoms with Crippen LogP contribution in [-0.4, -0.2) is 62.6 Å². The number of carbonyl (C=O) groups excluding carboxylic acids is 1. The fraction of sp³-hybridized carbons (Fsp3) is 0.444. The number of halogens is 1. The Morgan fingerprint density at radius 1 is 1.18 bits per heavy atom. The van der Waals surface area contributed by atoms with Crippen LogP contribution in [0.1, 0.15) is 43.4 Å². The van der Waals surface area contributed by atoms with Gasteiger partial charge in [-0.05, 0) is 54.3 Å². The molecule has 0 N–H and O–H groups in total. The average Bonchev–Trinajstić information content (AvgIpc) is 3.24. The number of hydrogen-bond donors (Lipinski definition) is 0. The van der Waals surface area contributed by atoms with E-state index in [1.165, 1.54) is 6.40 Å². The number of aromatic nitrogens is 1. The van der Waals surface area contributed by atoms with Gasteiger partial charge in [0, 0.05) is 51.1 Å². The number of rotatable bonds is 9. The molecule has 3 aromatic rings. The van der Waals surface area contributed by atoms with Gasteiger partial charge in [0.2, 0.25) is 11.8 Å². The molecule has 1 aromatic heterocycles. The Hall–Kier alpha value is -2.69. The lowest BCUT2D eigenvalue weighted by Gasteiger charge is -2.31. The minimum Gasteiger partial charge on any atom is -0.428 e. The minimum absolute atomic E-state index is 0.0409. The Morgan fingerprint density at radius 3 is 2.61 bits per heavy atom. The van der Waals surface area contributed by atoms with E-state index in [1.54, 1.807) is 59.7 Å². The number of thiazole rings is 1. The van der Waals surface area contributed by atoms with E-state index in [0.29, 0.717) is 24.7 Å². The van der Waals surface area contributed by atoms with Crippen LogP contribution in [0.25, 0.3) is 10.8 Å². The van der Waals surface area contributed by atoms with Crippen LogP contribution in [0.3, 0.4) is 0 Å². The first kappa shape index (κ1) is 28.3. The van der Waals surface area contributed by atoms with Gasteiger partial charge in [0.25, 0.3) is 0 Å². The summed E-state index contributed by atoms with van der Waals surface area (Å²) in [5.74, 6) is 0.616. The van der Waals surface area contributed by atoms with E-state index in [4.69, 9.17) is 16.3 Å². The third-order valence-electron chi connectivity index (χ3n) is 6.72. The van der Waals surface area contributed by atoms with E-state index in [1.807, 2.05) is 11.6 Å². The highest BCUT2D eigenvalue weighted by molar-refractivity contribution is 7.91. The van der Waals surface area contributed by atoms with E-state index >= 15 is 0 Å². The topological polar surface area (TPSA) is 93.3 Å². The van der Waals surface area contributed by atoms with Crippen molar-refractivity contribution in [2.45, 2.75) is 43.4 Å². The molecule has 204 valence electrons. The lowest BCUT2D eigenvalue weighted by Crippen LogP contribution is -2.38. The van der Waals surface area contributed by atoms with E-state index in [0.717, 1.165) is 45.6 Å². The number of fused-ring (bicyclic) bond motifs is 1. The lowest BCUT2D eigenvalue weighted by atomic mass is 9.95. The molecule has 0 radical (unpaired) electrons. The van der Waals surface area contributed by atoms with Crippen LogP contribution in [0.4, 0.5) is 0 Å². The zero-order chi connectivity index (χ0) is 27.3. The highest BCUT2D eigenvalue weighted by Gasteiger charge is 2.29. The van der Waals surface area contributed by atoms with Crippen molar-refractivity contribution >= 4 is 55.9 Å². The Bertz CT molecular complexity index is 1500. The molecule has 1 fully saturated rings. The van der Waals surface area contributed by atoms with Gasteiger partial charge in [0.1, 0.15) is 0 Å². The highest BCUT2D eigenvalue weighted by atomic mass is 35.5. The molecule has 2 aromatic carbocycles. The third kappa shape index (κ3) is 6.47. The first-order valence-electron chi connectivity index (χ1n) is 12.7. The van der Waals surface area contributed by atoms with E-state index < -0.39 is 9.84 Å². The second-order valence-corrected chi connectivity index (χ2v) is 12.9. The number of amides is 1. The number of carbonyl (C=O) groups is 1. The number of hydrogen-bond acceptors (Lipinski definition) is 7. The summed E-state index contributed by atoms with van der Waals surface area (Å²) in [4.78, 5) is 25.5. The molecule has 0 spiro atoms. The molecule has 0 bridgehead atoms. The number of aliphatic imine (C=N–C) groups is 1. The monoisotopic (exact) mass is 576 g/mol. The van der Waals surface area contributed by atoms with Crippen molar-refractivity contribution in [3.63, 3.8) is 0 Å². The van der Waals surface area contributed by atoms with Crippen molar-refractivity contribution in [3.8, 4) is 5.88 Å². The van der Waals surface area contributed by atoms with Gasteiger partial charge in [0.15, 0.2) is 21.0 Å². The standard InChI is InChI=1S/C27H33ClN4O4S2/c1-4-12-30-18-36-26-25(37-27(29-2)31(26)3)19-9-13-32(14-10-19)24(33)11-15-38(34,35)23-8-6-20-16-22(28)7-5-21(20)17-23/h5-8,16-19H,4,9-15H2,1-3H3/b29-27-,30-18?. The molecule has 1 aliphatic heterocycles. The molecule has 0 aliphatic carbocycles. The van der Waals surface area contributed by atoms with Gasteiger partial charge in [-0.3, -0.25) is 19.3 Å². The summed E-state index contributed by atoms with van der Waals surface area (Å²) in [5, 5.41) is 2.27. The molecule has 8 nitrogen and oxygen atoms in total. The summed E-state index contributed by atoms with van der Waals surface area (Å²) in [5.41, 5.74) is 0. The van der Waals surface area contributed by atoms with Crippen molar-refractivity contribution in [1.29, 1.82) is 0 Å². The number of nitrogens with zero attached hydrogens (tertiary/aromatic N) is 4. The van der Waals surface area contributed by atoms with Crippen LogP contribution < -0.4 is 9.54 Å². The van der Waals surface area contributed by atoms with Gasteiger partial charge in [0.05, 0.1) is 15.5 Å². The molecule has 0 atom stereocenters. The van der Waals surface area contributed by atoms with E-state index in [2.05, 4.69) is 16.9 Å². The van der Waals surface area contributed by atoms with Crippen LogP contribution >= 0.6 is 22.9 Å². The van der Waals surface area contributed by atoms with Gasteiger partial charge in [-0.25, -0.2) is 8.42 Å². The summed E-state index contributed by atoms with van der Waals surface area (Å²) in [6.07, 6.45) is 3.96. The largest absolute Gasteiger partial charge is 0.428 e. The molecule has 1 amide bonds. The van der Waals surface area contributed by atoms with Crippen molar-refractivity contribution in [1.82, 2.24) is 9.47 Å². The van der Waals surface area contributed by atoms with Crippen molar-refractivity contribution in [3.05, 3.63) is 51.1 Å². The number of likely N-dealkylation sites (tertiary alicyclic amines) is 1. The maximum Gasteiger partial charge on any atom is 0.223 e. The molecule has 1 aliphatic rings. The molecule has 1 saturated heterocycles. The lowest BCUT2D eigenvalue weighted by molar-refractivity contribution is -0.131. The molecule has 11 heteroatoms. The van der Waals surface area contributed by atoms with Crippen LogP contribution in [0.2, 0.25) is 5.02 Å². The van der Waals surface area contributed by atoms with Gasteiger partial charge in [-0.1, -0.05) is 42.0 Å². The quantitative estimate of drug-likeness (QED) is 0.270. The van der Waals surface area contributed by atoms with Crippen LogP contribution in [0, 0.1) is 0 Å². The van der Waals surface area contributed by atoms with E-state index in [9.17, 15) is 13.2 Å². The minimum atomic E-state index is -3.59. The Balaban J connectivity index is 1.37. The second-order valence-electron chi connectivity index (χ2n) is 9.34. The third-order valence-corrected chi connectivity index (χ3v) is 10.0. The summed E-state index contributed by atoms with van der Waals surface area (Å²) >= 11 is 7.63. The van der Waals surface area contributed by atoms with Crippen molar-refractivity contribution in [2.75, 3.05) is 32.4 Å². The molecular formula is C27H33ClN4O4S2. The SMILES string of the molecule is CCCN=COc1c(C2CCN(C(=O)CCS(=O)(=O)c3ccc4cc(Cl)ccc4c3)CC2)s/c(=N\C)n1C. The number of sulfone groups is 1. The number of piperidine rings is 1. The van der Waals surface area contributed by atoms with Gasteiger partial charge >= 0.3 is 0 Å². The predicted molar refractivity (Wildman–Crippen MR) is 153 cm³/mol. The van der Waals surface area contributed by atoms with E-state index in [-0.39, 0.29) is 28.9 Å². The smallest absolute Gasteiger partial charge is 0.223 e. The zero-order valence-electron chi connectivity index (χ0n) is 21.9. The van der Waals surface area contributed by atoms with Gasteiger partial charge in [-0.2, -0.15) is 0 Å². The molecule has 4 rings (SSSR count). The van der Waals surface area contributed by atoms with Crippen molar-refractivity contribution in [2.24, 2.45) is 17.0 Å². The predicted octanol–water partition coefficient (Wildman–Crippen LogP) is 4.81. The summed E-state index contributed by atoms with van der Waals surface area (Å²) in [7, 11) is 0.0891. The molecular weight excluding hydrogens is 544 g/mol. The summed E-state index contributed by atoms with van der Waals surface area (Å²) in [6.45, 7) is 3.92. The maximum atomic E-state index is 13.0. The molecule has 0 saturated carbocycles. The van der Waals surface area contributed by atoms with Crippen LogP contribution in [-0.2, 0) is 21.7 Å². The Labute approximate surface area is 232 Å².